The molecular weight excluding hydrogens is 532 g/mol. The number of benzene rings is 3. The second kappa shape index (κ2) is 14.0. The van der Waals surface area contributed by atoms with Crippen LogP contribution in [0.3, 0.4) is 0 Å². The molecule has 22 radical (unpaired) electrons. The highest BCUT2D eigenvalue weighted by molar-refractivity contribution is 7.37. The van der Waals surface area contributed by atoms with Crippen LogP contribution in [0.5, 0.6) is 0 Å². The van der Waals surface area contributed by atoms with Crippen LogP contribution in [0.4, 0.5) is 0 Å². The lowest BCUT2D eigenvalue weighted by atomic mass is 9.15. The molecule has 0 atom stereocenters. The van der Waals surface area contributed by atoms with E-state index in [0.717, 1.165) is 27.8 Å². The monoisotopic (exact) mass is 556 g/mol. The van der Waals surface area contributed by atoms with Crippen LogP contribution in [-0.2, 0) is 13.7 Å². The molecule has 1 heterocycles. The third-order valence-electron chi connectivity index (χ3n) is 9.40. The van der Waals surface area contributed by atoms with Gasteiger partial charge in [0.25, 0.3) is 0 Å². The fourth-order valence-electron chi connectivity index (χ4n) is 6.42. The smallest absolute Gasteiger partial charge is 0.445 e. The van der Waals surface area contributed by atoms with Crippen molar-refractivity contribution in [3.63, 3.8) is 0 Å². The second-order valence-electron chi connectivity index (χ2n) is 11.7. The summed E-state index contributed by atoms with van der Waals surface area (Å²) < 4.78 is 19.8. The Balaban J connectivity index is 2.08. The lowest BCUT2D eigenvalue weighted by Crippen LogP contribution is -2.72. The Hall–Kier alpha value is -1.36. The van der Waals surface area contributed by atoms with Crippen molar-refractivity contribution < 1.29 is 13.7 Å². The molecule has 190 valence electrons. The number of hydrogen-bond donors (Lipinski definition) is 0. The predicted molar refractivity (Wildman–Crippen MR) is 210 cm³/mol. The molecule has 0 N–H and O–H groups in total. The molecule has 0 spiro atoms. The van der Waals surface area contributed by atoms with Gasteiger partial charge >= 0.3 is 21.4 Å². The van der Waals surface area contributed by atoms with Crippen LogP contribution in [-0.4, -0.2) is 126 Å². The average molecular weight is 553 g/mol. The van der Waals surface area contributed by atoms with Crippen molar-refractivity contribution in [2.75, 3.05) is 0 Å². The summed E-state index contributed by atoms with van der Waals surface area (Å²) in [5.41, 5.74) is 10.8. The van der Waals surface area contributed by atoms with Gasteiger partial charge in [0, 0.05) is 46.4 Å². The fourth-order valence-corrected chi connectivity index (χ4v) is 6.42. The van der Waals surface area contributed by atoms with Crippen LogP contribution in [0, 0.1) is 48.5 Å². The van der Waals surface area contributed by atoms with Crippen molar-refractivity contribution in [2.24, 2.45) is 0 Å². The Morgan fingerprint density at radius 1 is 0.444 bits per heavy atom. The van der Waals surface area contributed by atoms with Gasteiger partial charge in [-0.15, -0.1) is 27.3 Å². The van der Waals surface area contributed by atoms with Crippen molar-refractivity contribution in [1.29, 1.82) is 0 Å². The molecule has 3 aromatic rings. The topological polar surface area (TPSA) is 27.7 Å². The van der Waals surface area contributed by atoms with E-state index in [1.807, 2.05) is 48.5 Å². The zero-order valence-corrected chi connectivity index (χ0v) is 27.0. The predicted octanol–water partition coefficient (Wildman–Crippen LogP) is -8.54. The maximum Gasteiger partial charge on any atom is 0.466 e. The van der Waals surface area contributed by atoms with Gasteiger partial charge in [-0.3, -0.25) is 0 Å². The minimum Gasteiger partial charge on any atom is -0.445 e. The van der Waals surface area contributed by atoms with E-state index in [2.05, 4.69) is 0 Å². The summed E-state index contributed by atoms with van der Waals surface area (Å²) in [6, 6.07) is 0. The van der Waals surface area contributed by atoms with Gasteiger partial charge in [0.15, 0.2) is 0 Å². The molecule has 3 aromatic carbocycles. The summed E-state index contributed by atoms with van der Waals surface area (Å²) in [4.78, 5) is 0. The lowest BCUT2D eigenvalue weighted by molar-refractivity contribution is 0.309. The van der Waals surface area contributed by atoms with E-state index in [-0.39, 0.29) is 10.9 Å². The third-order valence-corrected chi connectivity index (χ3v) is 9.40. The Morgan fingerprint density at radius 2 is 0.889 bits per heavy atom. The molecule has 20 heteroatoms. The van der Waals surface area contributed by atoms with E-state index >= 15 is 0 Å². The summed E-state index contributed by atoms with van der Waals surface area (Å²) in [5.74, 6) is 0. The normalized spacial score (nSPS) is 13.3. The van der Waals surface area contributed by atoms with Crippen LogP contribution in [0.15, 0.2) is 0 Å². The molecule has 1 aliphatic heterocycles. The summed E-state index contributed by atoms with van der Waals surface area (Å²) in [7, 11) is 63.2. The zero-order valence-electron chi connectivity index (χ0n) is 27.0. The molecule has 45 heavy (non-hydrogen) atoms. The maximum atomic E-state index is 6.78. The summed E-state index contributed by atoms with van der Waals surface area (Å²) >= 11 is 0. The first-order valence-corrected chi connectivity index (χ1v) is 14.6. The quantitative estimate of drug-likeness (QED) is 0.273. The van der Waals surface area contributed by atoms with Gasteiger partial charge in [0.05, 0.1) is 27.3 Å². The Kier molecular flexibility index (Phi) is 11.4. The van der Waals surface area contributed by atoms with Gasteiger partial charge in [-0.1, -0.05) is 44.2 Å². The highest BCUT2D eigenvalue weighted by Gasteiger charge is 2.47. The molecule has 0 aromatic heterocycles. The fraction of sp³-hybridized carbons (Fsp3) is 0.280. The molecule has 0 amide bonds. The number of hydrogen-bond acceptors (Lipinski definition) is 3. The molecule has 1 aliphatic rings. The standard InChI is InChI=1S/C25H21B17O3/c1-8-9(2)16(27)25(22(11(8)4)38(32)33)42-44-40(21-12(5)10(3)19(36-30)17(28)18(21)29)43-41(45-42)24-13(6)15(26)20(37-31)14(7)23(24)39(34)35/h1-7H3. The molecule has 0 aliphatic carbocycles. The third kappa shape index (κ3) is 6.19. The van der Waals surface area contributed by atoms with Crippen molar-refractivity contribution in [1.82, 2.24) is 0 Å². The van der Waals surface area contributed by atoms with Crippen molar-refractivity contribution in [3.8, 4) is 0 Å². The average Bonchev–Trinajstić information content (AvgIpc) is 2.98. The minimum absolute atomic E-state index is 0.246. The van der Waals surface area contributed by atoms with Gasteiger partial charge in [-0.05, 0) is 76.0 Å². The van der Waals surface area contributed by atoms with Crippen LogP contribution in [0.25, 0.3) is 0 Å². The Morgan fingerprint density at radius 3 is 1.38 bits per heavy atom. The highest BCUT2D eigenvalue weighted by Crippen LogP contribution is 2.15. The first-order valence-electron chi connectivity index (χ1n) is 14.6. The molecular formula is C25H21B17O3. The molecule has 1 fully saturated rings. The van der Waals surface area contributed by atoms with E-state index in [1.54, 1.807) is 0 Å². The van der Waals surface area contributed by atoms with Crippen molar-refractivity contribution in [3.05, 3.63) is 38.9 Å². The second-order valence-corrected chi connectivity index (χ2v) is 11.7. The summed E-state index contributed by atoms with van der Waals surface area (Å²) in [6.07, 6.45) is 0. The minimum atomic E-state index is -1.14. The highest BCUT2D eigenvalue weighted by atomic mass is 16.7. The van der Waals surface area contributed by atoms with Crippen molar-refractivity contribution >= 4 is 187 Å². The molecule has 0 unspecified atom stereocenters. The van der Waals surface area contributed by atoms with E-state index in [9.17, 15) is 0 Å². The molecule has 3 nitrogen and oxygen atoms in total. The van der Waals surface area contributed by atoms with Gasteiger partial charge in [0.1, 0.15) is 31.4 Å². The van der Waals surface area contributed by atoms with Crippen LogP contribution in [0.1, 0.15) is 38.9 Å². The van der Waals surface area contributed by atoms with Gasteiger partial charge in [-0.2, -0.15) is 0 Å². The summed E-state index contributed by atoms with van der Waals surface area (Å²) in [6.45, 7) is 11.4. The molecule has 4 rings (SSSR count). The first kappa shape index (κ1) is 36.5. The molecule has 0 bridgehead atoms. The van der Waals surface area contributed by atoms with Crippen LogP contribution < -0.4 is 60.1 Å². The van der Waals surface area contributed by atoms with Gasteiger partial charge in [0.2, 0.25) is 0 Å². The van der Waals surface area contributed by atoms with Gasteiger partial charge in [-0.25, -0.2) is 0 Å². The van der Waals surface area contributed by atoms with Crippen LogP contribution >= 0.6 is 0 Å². The molecule has 0 saturated carbocycles. The Labute approximate surface area is 286 Å². The van der Waals surface area contributed by atoms with Crippen LogP contribution in [0.2, 0.25) is 0 Å². The number of rotatable bonds is 7. The first-order chi connectivity index (χ1) is 21.0. The largest absolute Gasteiger partial charge is 0.466 e. The maximum absolute atomic E-state index is 6.78. The zero-order chi connectivity index (χ0) is 33.8. The summed E-state index contributed by atoms with van der Waals surface area (Å²) in [5, 5.41) is 0. The van der Waals surface area contributed by atoms with Gasteiger partial charge < -0.3 is 13.7 Å². The SMILES string of the molecule is [B][B]c1c([B])c([B])c(B2OB(c3c([B])c(C)c(C)c(C)c3B([B])[B])OB(c3c(C)c([B])c([B][B])c(C)c3B([B])[B])O2)c(C)c1C. The Bertz CT molecular complexity index is 1630. The lowest BCUT2D eigenvalue weighted by Gasteiger charge is -2.38. The van der Waals surface area contributed by atoms with E-state index in [0.29, 0.717) is 60.3 Å². The van der Waals surface area contributed by atoms with Crippen molar-refractivity contribution in [2.45, 2.75) is 48.5 Å². The van der Waals surface area contributed by atoms with E-state index < -0.39 is 34.3 Å². The van der Waals surface area contributed by atoms with E-state index in [4.69, 9.17) is 91.5 Å². The molecule has 1 saturated heterocycles. The van der Waals surface area contributed by atoms with E-state index in [1.165, 1.54) is 14.3 Å².